The number of aromatic nitrogens is 2. The number of thiophene rings is 1. The fraction of sp³-hybridized carbons (Fsp3) is 0.381. The van der Waals surface area contributed by atoms with E-state index in [4.69, 9.17) is 9.47 Å². The molecule has 0 radical (unpaired) electrons. The van der Waals surface area contributed by atoms with Crippen molar-refractivity contribution in [2.24, 2.45) is 0 Å². The summed E-state index contributed by atoms with van der Waals surface area (Å²) in [7, 11) is 1.58. The van der Waals surface area contributed by atoms with Gasteiger partial charge in [-0.05, 0) is 43.4 Å². The van der Waals surface area contributed by atoms with Gasteiger partial charge < -0.3 is 14.8 Å². The highest BCUT2D eigenvalue weighted by Crippen LogP contribution is 2.33. The van der Waals surface area contributed by atoms with Gasteiger partial charge in [-0.1, -0.05) is 12.1 Å². The highest BCUT2D eigenvalue weighted by atomic mass is 32.1. The molecule has 1 aliphatic carbocycles. The van der Waals surface area contributed by atoms with Gasteiger partial charge in [0.05, 0.1) is 25.4 Å². The van der Waals surface area contributed by atoms with Crippen LogP contribution in [0.1, 0.15) is 23.3 Å². The fourth-order valence-electron chi connectivity index (χ4n) is 3.59. The Morgan fingerprint density at radius 3 is 2.86 bits per heavy atom. The van der Waals surface area contributed by atoms with Crippen LogP contribution in [0.5, 0.6) is 11.5 Å². The summed E-state index contributed by atoms with van der Waals surface area (Å²) in [5.41, 5.74) is 1.00. The van der Waals surface area contributed by atoms with Crippen LogP contribution in [-0.2, 0) is 24.2 Å². The van der Waals surface area contributed by atoms with Crippen LogP contribution < -0.4 is 20.3 Å². The predicted octanol–water partition coefficient (Wildman–Crippen LogP) is 2.54. The maximum absolute atomic E-state index is 12.9. The summed E-state index contributed by atoms with van der Waals surface area (Å²) in [4.78, 5) is 31.6. The first-order valence-electron chi connectivity index (χ1n) is 9.69. The normalized spacial score (nSPS) is 13.1. The number of ether oxygens (including phenoxy) is 2. The number of rotatable bonds is 7. The van der Waals surface area contributed by atoms with Crippen molar-refractivity contribution in [3.8, 4) is 11.5 Å². The molecule has 0 aliphatic heterocycles. The van der Waals surface area contributed by atoms with Crippen LogP contribution in [-0.4, -0.2) is 35.7 Å². The number of methoxy groups -OCH3 is 1. The lowest BCUT2D eigenvalue weighted by atomic mass is 9.97. The molecule has 0 saturated carbocycles. The van der Waals surface area contributed by atoms with Crippen molar-refractivity contribution in [3.63, 3.8) is 0 Å². The molecule has 0 unspecified atom stereocenters. The maximum atomic E-state index is 12.9. The Morgan fingerprint density at radius 2 is 2.03 bits per heavy atom. The number of hydrogen-bond acceptors (Lipinski definition) is 6. The van der Waals surface area contributed by atoms with Gasteiger partial charge in [0.2, 0.25) is 5.91 Å². The van der Waals surface area contributed by atoms with E-state index in [1.807, 2.05) is 24.3 Å². The molecular weight excluding hydrogens is 390 g/mol. The molecule has 7 nitrogen and oxygen atoms in total. The smallest absolute Gasteiger partial charge is 0.262 e. The van der Waals surface area contributed by atoms with Crippen LogP contribution in [0.15, 0.2) is 35.4 Å². The van der Waals surface area contributed by atoms with Crippen LogP contribution in [0.3, 0.4) is 0 Å². The van der Waals surface area contributed by atoms with Gasteiger partial charge in [-0.2, -0.15) is 0 Å². The summed E-state index contributed by atoms with van der Waals surface area (Å²) >= 11 is 1.61. The van der Waals surface area contributed by atoms with E-state index in [0.717, 1.165) is 36.1 Å². The number of para-hydroxylation sites is 2. The summed E-state index contributed by atoms with van der Waals surface area (Å²) in [5, 5.41) is 3.47. The van der Waals surface area contributed by atoms with E-state index in [2.05, 4.69) is 10.3 Å². The van der Waals surface area contributed by atoms with E-state index >= 15 is 0 Å². The third-order valence-electron chi connectivity index (χ3n) is 5.01. The van der Waals surface area contributed by atoms with Crippen molar-refractivity contribution in [2.75, 3.05) is 20.3 Å². The monoisotopic (exact) mass is 413 g/mol. The highest BCUT2D eigenvalue weighted by molar-refractivity contribution is 7.18. The molecule has 4 rings (SSSR count). The molecule has 0 atom stereocenters. The van der Waals surface area contributed by atoms with E-state index in [0.29, 0.717) is 30.0 Å². The minimum atomic E-state index is -0.249. The molecule has 1 N–H and O–H groups in total. The number of aryl methyl sites for hydroxylation is 2. The molecule has 29 heavy (non-hydrogen) atoms. The molecule has 8 heteroatoms. The number of amides is 1. The molecule has 0 saturated heterocycles. The number of hydrogen-bond donors (Lipinski definition) is 1. The van der Waals surface area contributed by atoms with Crippen LogP contribution in [0.2, 0.25) is 0 Å². The van der Waals surface area contributed by atoms with Crippen molar-refractivity contribution < 1.29 is 14.3 Å². The zero-order valence-electron chi connectivity index (χ0n) is 16.3. The van der Waals surface area contributed by atoms with E-state index in [1.54, 1.807) is 18.4 Å². The zero-order chi connectivity index (χ0) is 20.2. The number of nitrogens with zero attached hydrogens (tertiary/aromatic N) is 2. The Hall–Kier alpha value is -2.87. The Bertz CT molecular complexity index is 1090. The quantitative estimate of drug-likeness (QED) is 0.602. The lowest BCUT2D eigenvalue weighted by Gasteiger charge is -2.12. The molecule has 1 aromatic carbocycles. The summed E-state index contributed by atoms with van der Waals surface area (Å²) < 4.78 is 12.3. The van der Waals surface area contributed by atoms with Gasteiger partial charge in [-0.15, -0.1) is 11.3 Å². The summed E-state index contributed by atoms with van der Waals surface area (Å²) in [6.45, 7) is 0.576. The van der Waals surface area contributed by atoms with Gasteiger partial charge in [0.25, 0.3) is 5.56 Å². The fourth-order valence-corrected chi connectivity index (χ4v) is 4.81. The van der Waals surface area contributed by atoms with Gasteiger partial charge >= 0.3 is 0 Å². The second kappa shape index (κ2) is 8.65. The number of fused-ring (bicyclic) bond motifs is 3. The van der Waals surface area contributed by atoms with Crippen molar-refractivity contribution in [3.05, 3.63) is 51.4 Å². The lowest BCUT2D eigenvalue weighted by Crippen LogP contribution is -2.34. The van der Waals surface area contributed by atoms with Crippen LogP contribution in [0, 0.1) is 0 Å². The van der Waals surface area contributed by atoms with Crippen molar-refractivity contribution in [1.82, 2.24) is 14.9 Å². The minimum absolute atomic E-state index is 0.0545. The second-order valence-corrected chi connectivity index (χ2v) is 8.00. The Labute approximate surface area is 172 Å². The summed E-state index contributed by atoms with van der Waals surface area (Å²) in [6, 6.07) is 7.34. The number of carbonyl (C=O) groups is 1. The lowest BCUT2D eigenvalue weighted by molar-refractivity contribution is -0.121. The van der Waals surface area contributed by atoms with E-state index in [9.17, 15) is 9.59 Å². The Kier molecular flexibility index (Phi) is 5.80. The average molecular weight is 413 g/mol. The molecule has 1 amide bonds. The second-order valence-electron chi connectivity index (χ2n) is 6.92. The van der Waals surface area contributed by atoms with Crippen molar-refractivity contribution in [1.29, 1.82) is 0 Å². The Morgan fingerprint density at radius 1 is 1.24 bits per heavy atom. The van der Waals surface area contributed by atoms with Gasteiger partial charge in [-0.3, -0.25) is 14.2 Å². The average Bonchev–Trinajstić information content (AvgIpc) is 3.13. The molecule has 1 aliphatic rings. The first-order valence-corrected chi connectivity index (χ1v) is 10.5. The number of benzene rings is 1. The summed E-state index contributed by atoms with van der Waals surface area (Å²) in [5.74, 6) is 1.02. The van der Waals surface area contributed by atoms with Gasteiger partial charge in [0, 0.05) is 4.88 Å². The third-order valence-corrected chi connectivity index (χ3v) is 6.21. The Balaban J connectivity index is 1.37. The third kappa shape index (κ3) is 4.12. The molecule has 0 bridgehead atoms. The van der Waals surface area contributed by atoms with E-state index in [-0.39, 0.29) is 18.0 Å². The molecule has 2 heterocycles. The van der Waals surface area contributed by atoms with Gasteiger partial charge in [0.15, 0.2) is 11.5 Å². The minimum Gasteiger partial charge on any atom is -0.493 e. The van der Waals surface area contributed by atoms with E-state index < -0.39 is 0 Å². The number of nitrogens with one attached hydrogen (secondary N) is 1. The largest absolute Gasteiger partial charge is 0.493 e. The molecule has 0 spiro atoms. The van der Waals surface area contributed by atoms with Crippen LogP contribution in [0.4, 0.5) is 0 Å². The molecule has 0 fully saturated rings. The SMILES string of the molecule is COc1ccccc1OCCNC(=O)Cn1cnc2sc3c(c2c1=O)CCCC3. The van der Waals surface area contributed by atoms with Crippen LogP contribution >= 0.6 is 11.3 Å². The van der Waals surface area contributed by atoms with Gasteiger partial charge in [0.1, 0.15) is 18.0 Å². The molecule has 3 aromatic rings. The van der Waals surface area contributed by atoms with Gasteiger partial charge in [-0.25, -0.2) is 4.98 Å². The molecule has 152 valence electrons. The molecule has 2 aromatic heterocycles. The van der Waals surface area contributed by atoms with Crippen molar-refractivity contribution >= 4 is 27.5 Å². The van der Waals surface area contributed by atoms with E-state index in [1.165, 1.54) is 15.8 Å². The highest BCUT2D eigenvalue weighted by Gasteiger charge is 2.20. The first kappa shape index (κ1) is 19.4. The topological polar surface area (TPSA) is 82.4 Å². The summed E-state index contributed by atoms with van der Waals surface area (Å²) in [6.07, 6.45) is 5.66. The maximum Gasteiger partial charge on any atom is 0.262 e. The first-order chi connectivity index (χ1) is 14.2. The standard InChI is InChI=1S/C21H23N3O4S/c1-27-15-7-3-4-8-16(15)28-11-10-22-18(25)12-24-13-23-20-19(21(24)26)14-6-2-5-9-17(14)29-20/h3-4,7-8,13H,2,5-6,9-12H2,1H3,(H,22,25). The predicted molar refractivity (Wildman–Crippen MR) is 112 cm³/mol. The zero-order valence-corrected chi connectivity index (χ0v) is 17.1. The molecular formula is C21H23N3O4S. The number of carbonyl (C=O) groups excluding carboxylic acids is 1. The van der Waals surface area contributed by atoms with Crippen LogP contribution in [0.25, 0.3) is 10.2 Å². The van der Waals surface area contributed by atoms with Crippen molar-refractivity contribution in [2.45, 2.75) is 32.2 Å².